The predicted octanol–water partition coefficient (Wildman–Crippen LogP) is 3.53. The van der Waals surface area contributed by atoms with Crippen LogP contribution in [0.2, 0.25) is 0 Å². The van der Waals surface area contributed by atoms with Gasteiger partial charge in [0.25, 0.3) is 5.56 Å². The van der Waals surface area contributed by atoms with Gasteiger partial charge in [0.1, 0.15) is 4.83 Å². The van der Waals surface area contributed by atoms with Crippen LogP contribution in [-0.2, 0) is 25.9 Å². The normalized spacial score (nSPS) is 13.6. The van der Waals surface area contributed by atoms with E-state index in [-0.39, 0.29) is 5.56 Å². The highest BCUT2D eigenvalue weighted by molar-refractivity contribution is 7.18. The fourth-order valence-electron chi connectivity index (χ4n) is 3.36. The Balaban J connectivity index is 1.78. The zero-order valence-electron chi connectivity index (χ0n) is 14.0. The maximum absolute atomic E-state index is 13.1. The molecule has 0 aliphatic heterocycles. The summed E-state index contributed by atoms with van der Waals surface area (Å²) in [6.07, 6.45) is 9.71. The molecule has 128 valence electrons. The molecule has 0 amide bonds. The van der Waals surface area contributed by atoms with Crippen molar-refractivity contribution in [3.8, 4) is 0 Å². The van der Waals surface area contributed by atoms with E-state index < -0.39 is 0 Å². The van der Waals surface area contributed by atoms with Crippen LogP contribution in [-0.4, -0.2) is 14.5 Å². The molecular formula is C19H20N4OS. The number of aryl methyl sites for hydroxylation is 2. The Morgan fingerprint density at radius 3 is 3.04 bits per heavy atom. The van der Waals surface area contributed by atoms with Crippen molar-refractivity contribution in [1.29, 1.82) is 0 Å². The Kier molecular flexibility index (Phi) is 4.36. The largest absolute Gasteiger partial charge is 0.351 e. The molecule has 0 saturated heterocycles. The lowest BCUT2D eigenvalue weighted by Gasteiger charge is -2.13. The second kappa shape index (κ2) is 6.80. The minimum atomic E-state index is 0.0398. The van der Waals surface area contributed by atoms with Gasteiger partial charge in [-0.1, -0.05) is 12.1 Å². The molecular weight excluding hydrogens is 332 g/mol. The highest BCUT2D eigenvalue weighted by Gasteiger charge is 2.21. The van der Waals surface area contributed by atoms with Gasteiger partial charge in [-0.2, -0.15) is 0 Å². The van der Waals surface area contributed by atoms with E-state index >= 15 is 0 Å². The first-order valence-electron chi connectivity index (χ1n) is 8.56. The number of fused-ring (bicyclic) bond motifs is 3. The molecule has 0 radical (unpaired) electrons. The molecule has 0 fully saturated rings. The Morgan fingerprint density at radius 2 is 2.24 bits per heavy atom. The molecule has 3 aromatic heterocycles. The molecule has 1 aliphatic carbocycles. The Hall–Kier alpha value is -2.47. The fourth-order valence-corrected chi connectivity index (χ4v) is 4.61. The predicted molar refractivity (Wildman–Crippen MR) is 102 cm³/mol. The first-order chi connectivity index (χ1) is 12.3. The number of pyridine rings is 1. The van der Waals surface area contributed by atoms with Gasteiger partial charge in [-0.25, -0.2) is 4.98 Å². The SMILES string of the molecule is C=CCn1c(NCc2cccnc2)nc2sc3c(c2c1=O)CCCC3. The fraction of sp³-hybridized carbons (Fsp3) is 0.316. The molecule has 0 unspecified atom stereocenters. The van der Waals surface area contributed by atoms with Gasteiger partial charge in [-0.05, 0) is 42.9 Å². The minimum Gasteiger partial charge on any atom is -0.351 e. The van der Waals surface area contributed by atoms with Gasteiger partial charge in [-0.15, -0.1) is 17.9 Å². The summed E-state index contributed by atoms with van der Waals surface area (Å²) in [6.45, 7) is 4.81. The van der Waals surface area contributed by atoms with Crippen LogP contribution < -0.4 is 10.9 Å². The van der Waals surface area contributed by atoms with Gasteiger partial charge in [0, 0.05) is 30.4 Å². The summed E-state index contributed by atoms with van der Waals surface area (Å²) in [7, 11) is 0. The molecule has 0 bridgehead atoms. The van der Waals surface area contributed by atoms with Crippen LogP contribution in [0.5, 0.6) is 0 Å². The summed E-state index contributed by atoms with van der Waals surface area (Å²) in [6, 6.07) is 3.90. The summed E-state index contributed by atoms with van der Waals surface area (Å²) in [5.41, 5.74) is 2.31. The van der Waals surface area contributed by atoms with E-state index in [1.807, 2.05) is 18.3 Å². The second-order valence-corrected chi connectivity index (χ2v) is 7.33. The quantitative estimate of drug-likeness (QED) is 0.714. The van der Waals surface area contributed by atoms with Crippen LogP contribution in [0.3, 0.4) is 0 Å². The van der Waals surface area contributed by atoms with Crippen molar-refractivity contribution < 1.29 is 0 Å². The van der Waals surface area contributed by atoms with Crippen molar-refractivity contribution in [2.45, 2.75) is 38.8 Å². The molecule has 25 heavy (non-hydrogen) atoms. The lowest BCUT2D eigenvalue weighted by molar-refractivity contribution is 0.698. The average Bonchev–Trinajstić information content (AvgIpc) is 3.02. The first-order valence-corrected chi connectivity index (χ1v) is 9.38. The number of rotatable bonds is 5. The third kappa shape index (κ3) is 2.98. The summed E-state index contributed by atoms with van der Waals surface area (Å²) >= 11 is 1.67. The van der Waals surface area contributed by atoms with Gasteiger partial charge in [0.15, 0.2) is 0 Å². The van der Waals surface area contributed by atoms with Crippen LogP contribution in [0.15, 0.2) is 42.0 Å². The number of thiophene rings is 1. The molecule has 3 heterocycles. The summed E-state index contributed by atoms with van der Waals surface area (Å²) < 4.78 is 1.69. The second-order valence-electron chi connectivity index (χ2n) is 6.25. The van der Waals surface area contributed by atoms with Crippen LogP contribution in [0, 0.1) is 0 Å². The van der Waals surface area contributed by atoms with E-state index in [1.165, 1.54) is 16.9 Å². The summed E-state index contributed by atoms with van der Waals surface area (Å²) in [5, 5.41) is 4.11. The molecule has 0 aromatic carbocycles. The third-order valence-corrected chi connectivity index (χ3v) is 5.75. The molecule has 0 atom stereocenters. The van der Waals surface area contributed by atoms with Crippen LogP contribution in [0.1, 0.15) is 28.8 Å². The van der Waals surface area contributed by atoms with E-state index in [1.54, 1.807) is 28.2 Å². The monoisotopic (exact) mass is 352 g/mol. The molecule has 0 saturated carbocycles. The van der Waals surface area contributed by atoms with E-state index in [4.69, 9.17) is 4.98 Å². The van der Waals surface area contributed by atoms with Crippen LogP contribution in [0.25, 0.3) is 10.2 Å². The first kappa shape index (κ1) is 16.0. The molecule has 6 heteroatoms. The van der Waals surface area contributed by atoms with Crippen molar-refractivity contribution in [3.05, 3.63) is 63.5 Å². The van der Waals surface area contributed by atoms with E-state index in [9.17, 15) is 4.79 Å². The number of anilines is 1. The number of nitrogens with zero attached hydrogens (tertiary/aromatic N) is 3. The smallest absolute Gasteiger partial charge is 0.264 e. The number of aromatic nitrogens is 3. The van der Waals surface area contributed by atoms with E-state index in [0.29, 0.717) is 19.0 Å². The highest BCUT2D eigenvalue weighted by Crippen LogP contribution is 2.34. The van der Waals surface area contributed by atoms with E-state index in [0.717, 1.165) is 35.0 Å². The number of hydrogen-bond acceptors (Lipinski definition) is 5. The van der Waals surface area contributed by atoms with Gasteiger partial charge in [0.05, 0.1) is 5.39 Å². The molecule has 5 nitrogen and oxygen atoms in total. The lowest BCUT2D eigenvalue weighted by atomic mass is 9.97. The Labute approximate surface area is 150 Å². The standard InChI is InChI=1S/C19H20N4OS/c1-2-10-23-18(24)16-14-7-3-4-8-15(14)25-17(16)22-19(23)21-12-13-6-5-9-20-11-13/h2,5-6,9,11H,1,3-4,7-8,10,12H2,(H,21,22). The van der Waals surface area contributed by atoms with Gasteiger partial charge in [-0.3, -0.25) is 14.3 Å². The Morgan fingerprint density at radius 1 is 1.36 bits per heavy atom. The van der Waals surface area contributed by atoms with E-state index in [2.05, 4.69) is 16.9 Å². The number of allylic oxidation sites excluding steroid dienone is 1. The molecule has 1 aliphatic rings. The van der Waals surface area contributed by atoms with Gasteiger partial charge in [0.2, 0.25) is 5.95 Å². The number of nitrogens with one attached hydrogen (secondary N) is 1. The molecule has 1 N–H and O–H groups in total. The van der Waals surface area contributed by atoms with Gasteiger partial charge < -0.3 is 5.32 Å². The van der Waals surface area contributed by atoms with Crippen LogP contribution >= 0.6 is 11.3 Å². The molecule has 3 aromatic rings. The topological polar surface area (TPSA) is 59.8 Å². The number of hydrogen-bond donors (Lipinski definition) is 1. The van der Waals surface area contributed by atoms with Crippen molar-refractivity contribution in [2.75, 3.05) is 5.32 Å². The summed E-state index contributed by atoms with van der Waals surface area (Å²) in [5.74, 6) is 0.597. The Bertz CT molecular complexity index is 974. The molecule has 0 spiro atoms. The third-order valence-electron chi connectivity index (χ3n) is 4.56. The van der Waals surface area contributed by atoms with Crippen molar-refractivity contribution in [2.24, 2.45) is 0 Å². The van der Waals surface area contributed by atoms with Crippen molar-refractivity contribution in [3.63, 3.8) is 0 Å². The molecule has 4 rings (SSSR count). The van der Waals surface area contributed by atoms with Gasteiger partial charge >= 0.3 is 0 Å². The van der Waals surface area contributed by atoms with Crippen molar-refractivity contribution in [1.82, 2.24) is 14.5 Å². The average molecular weight is 352 g/mol. The van der Waals surface area contributed by atoms with Crippen molar-refractivity contribution >= 4 is 27.5 Å². The highest BCUT2D eigenvalue weighted by atomic mass is 32.1. The minimum absolute atomic E-state index is 0.0398. The lowest BCUT2D eigenvalue weighted by Crippen LogP contribution is -2.25. The van der Waals surface area contributed by atoms with Crippen LogP contribution in [0.4, 0.5) is 5.95 Å². The zero-order chi connectivity index (χ0) is 17.2. The maximum atomic E-state index is 13.1. The summed E-state index contributed by atoms with van der Waals surface area (Å²) in [4.78, 5) is 24.2. The zero-order valence-corrected chi connectivity index (χ0v) is 14.8. The maximum Gasteiger partial charge on any atom is 0.264 e.